The van der Waals surface area contributed by atoms with Crippen LogP contribution in [-0.2, 0) is 0 Å². The Balaban J connectivity index is 2.13. The van der Waals surface area contributed by atoms with Crippen molar-refractivity contribution in [3.05, 3.63) is 23.8 Å². The molecule has 0 amide bonds. The molecule has 0 spiro atoms. The Hall–Kier alpha value is -1.22. The van der Waals surface area contributed by atoms with Gasteiger partial charge in [0.15, 0.2) is 11.5 Å². The van der Waals surface area contributed by atoms with Crippen LogP contribution in [0.3, 0.4) is 0 Å². The molecule has 3 nitrogen and oxygen atoms in total. The Morgan fingerprint density at radius 2 is 1.90 bits per heavy atom. The molecule has 118 valence electrons. The van der Waals surface area contributed by atoms with Crippen LogP contribution in [0, 0.1) is 11.8 Å². The maximum absolute atomic E-state index is 6.49. The molecule has 3 unspecified atom stereocenters. The Morgan fingerprint density at radius 1 is 1.19 bits per heavy atom. The number of benzene rings is 1. The molecule has 1 aromatic carbocycles. The van der Waals surface area contributed by atoms with E-state index in [2.05, 4.69) is 32.9 Å². The van der Waals surface area contributed by atoms with E-state index in [4.69, 9.17) is 15.2 Å². The highest BCUT2D eigenvalue weighted by Gasteiger charge is 2.21. The topological polar surface area (TPSA) is 44.5 Å². The average Bonchev–Trinajstić information content (AvgIpc) is 2.69. The summed E-state index contributed by atoms with van der Waals surface area (Å²) in [6.07, 6.45) is 4.78. The zero-order valence-corrected chi connectivity index (χ0v) is 13.6. The van der Waals surface area contributed by atoms with Gasteiger partial charge in [0.25, 0.3) is 0 Å². The molecule has 2 rings (SSSR count). The number of fused-ring (bicyclic) bond motifs is 1. The zero-order valence-electron chi connectivity index (χ0n) is 13.6. The Morgan fingerprint density at radius 3 is 2.57 bits per heavy atom. The number of ether oxygens (including phenoxy) is 2. The number of hydrogen-bond donors (Lipinski definition) is 1. The summed E-state index contributed by atoms with van der Waals surface area (Å²) in [6.45, 7) is 8.01. The van der Waals surface area contributed by atoms with Gasteiger partial charge < -0.3 is 15.2 Å². The maximum Gasteiger partial charge on any atom is 0.161 e. The lowest BCUT2D eigenvalue weighted by Gasteiger charge is -2.23. The van der Waals surface area contributed by atoms with Crippen LogP contribution in [0.5, 0.6) is 11.5 Å². The lowest BCUT2D eigenvalue weighted by Crippen LogP contribution is -2.21. The third-order valence-electron chi connectivity index (χ3n) is 4.36. The van der Waals surface area contributed by atoms with Gasteiger partial charge in [-0.25, -0.2) is 0 Å². The van der Waals surface area contributed by atoms with Crippen LogP contribution in [0.4, 0.5) is 0 Å². The van der Waals surface area contributed by atoms with Crippen LogP contribution in [0.1, 0.15) is 58.1 Å². The fraction of sp³-hybridized carbons (Fsp3) is 0.667. The Kier molecular flexibility index (Phi) is 5.92. The molecule has 0 aliphatic carbocycles. The first-order chi connectivity index (χ1) is 10.2. The molecule has 0 bridgehead atoms. The molecule has 1 aromatic rings. The van der Waals surface area contributed by atoms with Crippen molar-refractivity contribution in [3.8, 4) is 11.5 Å². The summed E-state index contributed by atoms with van der Waals surface area (Å²) in [5.74, 6) is 2.64. The molecule has 3 atom stereocenters. The third kappa shape index (κ3) is 4.13. The Bertz CT molecular complexity index is 447. The predicted molar refractivity (Wildman–Crippen MR) is 86.8 cm³/mol. The number of rotatable bonds is 6. The fourth-order valence-corrected chi connectivity index (χ4v) is 2.85. The van der Waals surface area contributed by atoms with Gasteiger partial charge in [0.2, 0.25) is 0 Å². The van der Waals surface area contributed by atoms with Crippen molar-refractivity contribution in [2.45, 2.75) is 52.5 Å². The lowest BCUT2D eigenvalue weighted by atomic mass is 9.87. The van der Waals surface area contributed by atoms with Gasteiger partial charge in [0.05, 0.1) is 13.2 Å². The minimum absolute atomic E-state index is 0.0797. The zero-order chi connectivity index (χ0) is 15.2. The second-order valence-electron chi connectivity index (χ2n) is 6.27. The molecule has 21 heavy (non-hydrogen) atoms. The van der Waals surface area contributed by atoms with Crippen LogP contribution in [0.25, 0.3) is 0 Å². The van der Waals surface area contributed by atoms with Crippen molar-refractivity contribution >= 4 is 0 Å². The molecule has 0 saturated heterocycles. The highest BCUT2D eigenvalue weighted by Crippen LogP contribution is 2.35. The van der Waals surface area contributed by atoms with Crippen LogP contribution < -0.4 is 15.2 Å². The average molecular weight is 291 g/mol. The van der Waals surface area contributed by atoms with Crippen LogP contribution in [0.2, 0.25) is 0 Å². The van der Waals surface area contributed by atoms with E-state index in [0.29, 0.717) is 25.0 Å². The molecule has 2 N–H and O–H groups in total. The van der Waals surface area contributed by atoms with Crippen molar-refractivity contribution in [1.82, 2.24) is 0 Å². The summed E-state index contributed by atoms with van der Waals surface area (Å²) in [4.78, 5) is 0. The first-order valence-corrected chi connectivity index (χ1v) is 8.30. The van der Waals surface area contributed by atoms with E-state index in [1.807, 2.05) is 6.07 Å². The van der Waals surface area contributed by atoms with E-state index in [0.717, 1.165) is 23.5 Å². The normalized spacial score (nSPS) is 20.7. The molecule has 1 heterocycles. The predicted octanol–water partition coefficient (Wildman–Crippen LogP) is 4.31. The largest absolute Gasteiger partial charge is 0.489 e. The molecule has 0 saturated carbocycles. The summed E-state index contributed by atoms with van der Waals surface area (Å²) in [5, 5.41) is 0. The van der Waals surface area contributed by atoms with Gasteiger partial charge in [0, 0.05) is 12.0 Å². The minimum atomic E-state index is 0.0797. The van der Waals surface area contributed by atoms with Crippen molar-refractivity contribution < 1.29 is 9.47 Å². The van der Waals surface area contributed by atoms with Gasteiger partial charge in [-0.3, -0.25) is 0 Å². The Labute approximate surface area is 128 Å². The summed E-state index contributed by atoms with van der Waals surface area (Å²) in [7, 11) is 0. The smallest absolute Gasteiger partial charge is 0.161 e. The van der Waals surface area contributed by atoms with Crippen molar-refractivity contribution in [2.75, 3.05) is 13.2 Å². The number of nitrogens with two attached hydrogens (primary N) is 1. The first-order valence-electron chi connectivity index (χ1n) is 8.30. The summed E-state index contributed by atoms with van der Waals surface area (Å²) < 4.78 is 11.6. The van der Waals surface area contributed by atoms with Crippen LogP contribution in [0.15, 0.2) is 18.2 Å². The molecular weight excluding hydrogens is 262 g/mol. The van der Waals surface area contributed by atoms with E-state index in [1.165, 1.54) is 19.3 Å². The van der Waals surface area contributed by atoms with Crippen molar-refractivity contribution in [1.29, 1.82) is 0 Å². The summed E-state index contributed by atoms with van der Waals surface area (Å²) >= 11 is 0. The van der Waals surface area contributed by atoms with Gasteiger partial charge in [-0.15, -0.1) is 0 Å². The van der Waals surface area contributed by atoms with Gasteiger partial charge in [0.1, 0.15) is 0 Å². The van der Waals surface area contributed by atoms with Crippen LogP contribution in [-0.4, -0.2) is 13.2 Å². The molecular formula is C18H29NO2. The van der Waals surface area contributed by atoms with Crippen LogP contribution >= 0.6 is 0 Å². The number of unbranched alkanes of at least 4 members (excludes halogenated alkanes) is 1. The molecule has 0 fully saturated rings. The second-order valence-corrected chi connectivity index (χ2v) is 6.27. The SMILES string of the molecule is CCCCC(CC)C(N)c1ccc2c(c1)OCC(C)CO2. The molecule has 1 aliphatic heterocycles. The molecule has 0 aromatic heterocycles. The third-order valence-corrected chi connectivity index (χ3v) is 4.36. The van der Waals surface area contributed by atoms with E-state index in [9.17, 15) is 0 Å². The van der Waals surface area contributed by atoms with E-state index in [-0.39, 0.29) is 6.04 Å². The molecule has 1 aliphatic rings. The summed E-state index contributed by atoms with van der Waals surface area (Å²) in [5.41, 5.74) is 7.66. The fourth-order valence-electron chi connectivity index (χ4n) is 2.85. The van der Waals surface area contributed by atoms with Gasteiger partial charge in [-0.1, -0.05) is 46.1 Å². The minimum Gasteiger partial charge on any atom is -0.489 e. The highest BCUT2D eigenvalue weighted by molar-refractivity contribution is 5.44. The van der Waals surface area contributed by atoms with Crippen molar-refractivity contribution in [3.63, 3.8) is 0 Å². The van der Waals surface area contributed by atoms with Crippen molar-refractivity contribution in [2.24, 2.45) is 17.6 Å². The van der Waals surface area contributed by atoms with Gasteiger partial charge >= 0.3 is 0 Å². The first kappa shape index (κ1) is 16.2. The molecule has 0 radical (unpaired) electrons. The number of hydrogen-bond acceptors (Lipinski definition) is 3. The molecule has 3 heteroatoms. The lowest BCUT2D eigenvalue weighted by molar-refractivity contribution is 0.228. The van der Waals surface area contributed by atoms with E-state index in [1.54, 1.807) is 0 Å². The second kappa shape index (κ2) is 7.69. The maximum atomic E-state index is 6.49. The van der Waals surface area contributed by atoms with Gasteiger partial charge in [-0.2, -0.15) is 0 Å². The monoisotopic (exact) mass is 291 g/mol. The standard InChI is InChI=1S/C18H29NO2/c1-4-6-7-14(5-2)18(19)15-8-9-16-17(10-15)21-12-13(3)11-20-16/h8-10,13-14,18H,4-7,11-12,19H2,1-3H3. The quantitative estimate of drug-likeness (QED) is 0.849. The highest BCUT2D eigenvalue weighted by atomic mass is 16.5. The van der Waals surface area contributed by atoms with E-state index < -0.39 is 0 Å². The van der Waals surface area contributed by atoms with E-state index >= 15 is 0 Å². The summed E-state index contributed by atoms with van der Waals surface area (Å²) in [6, 6.07) is 6.26. The van der Waals surface area contributed by atoms with Gasteiger partial charge in [-0.05, 0) is 30.0 Å².